The minimum absolute atomic E-state index is 0.0700. The van der Waals surface area contributed by atoms with Crippen LogP contribution in [0.15, 0.2) is 23.1 Å². The molecule has 0 amide bonds. The number of hydrogen-bond donors (Lipinski definition) is 1. The van der Waals surface area contributed by atoms with Crippen LogP contribution < -0.4 is 9.62 Å². The molecule has 1 aromatic rings. The smallest absolute Gasteiger partial charge is 0.266 e. The first kappa shape index (κ1) is 12.3. The van der Waals surface area contributed by atoms with E-state index in [4.69, 9.17) is 16.3 Å². The zero-order valence-electron chi connectivity index (χ0n) is 8.15. The SMILES string of the molecule is CONS(=O)(=O)c1cc(Cl)ccc1OC. The Morgan fingerprint density at radius 2 is 2.00 bits per heavy atom. The Hall–Kier alpha value is -0.820. The molecule has 1 aromatic carbocycles. The van der Waals surface area contributed by atoms with Gasteiger partial charge in [-0.05, 0) is 18.2 Å². The number of rotatable bonds is 4. The number of hydrogen-bond acceptors (Lipinski definition) is 4. The lowest BCUT2D eigenvalue weighted by atomic mass is 10.3. The zero-order chi connectivity index (χ0) is 11.5. The Labute approximate surface area is 93.0 Å². The highest BCUT2D eigenvalue weighted by Gasteiger charge is 2.19. The van der Waals surface area contributed by atoms with Gasteiger partial charge in [-0.25, -0.2) is 8.42 Å². The minimum Gasteiger partial charge on any atom is -0.495 e. The molecule has 0 fully saturated rings. The van der Waals surface area contributed by atoms with Crippen LogP contribution in [0.25, 0.3) is 0 Å². The molecular formula is C8H10ClNO4S. The van der Waals surface area contributed by atoms with Crippen LogP contribution in [0.5, 0.6) is 5.75 Å². The molecule has 0 bridgehead atoms. The highest BCUT2D eigenvalue weighted by Crippen LogP contribution is 2.26. The molecule has 84 valence electrons. The van der Waals surface area contributed by atoms with Crippen LogP contribution in [0, 0.1) is 0 Å². The molecule has 0 radical (unpaired) electrons. The van der Waals surface area contributed by atoms with Crippen LogP contribution in [0.1, 0.15) is 0 Å². The summed E-state index contributed by atoms with van der Waals surface area (Å²) in [5.41, 5.74) is 0. The molecule has 15 heavy (non-hydrogen) atoms. The molecule has 0 aliphatic rings. The first-order chi connectivity index (χ1) is 7.01. The Morgan fingerprint density at radius 3 is 2.53 bits per heavy atom. The molecule has 1 N–H and O–H groups in total. The van der Waals surface area contributed by atoms with Gasteiger partial charge in [-0.2, -0.15) is 0 Å². The third kappa shape index (κ3) is 2.82. The Morgan fingerprint density at radius 1 is 1.33 bits per heavy atom. The van der Waals surface area contributed by atoms with Crippen molar-refractivity contribution in [2.45, 2.75) is 4.90 Å². The van der Waals surface area contributed by atoms with Crippen molar-refractivity contribution in [2.75, 3.05) is 14.2 Å². The summed E-state index contributed by atoms with van der Waals surface area (Å²) < 4.78 is 28.1. The number of sulfonamides is 1. The molecule has 0 saturated carbocycles. The van der Waals surface area contributed by atoms with Crippen molar-refractivity contribution in [1.82, 2.24) is 4.89 Å². The van der Waals surface area contributed by atoms with Gasteiger partial charge >= 0.3 is 0 Å². The van der Waals surface area contributed by atoms with Crippen molar-refractivity contribution < 1.29 is 18.0 Å². The van der Waals surface area contributed by atoms with Crippen LogP contribution >= 0.6 is 11.6 Å². The fourth-order valence-electron chi connectivity index (χ4n) is 1.02. The monoisotopic (exact) mass is 251 g/mol. The van der Waals surface area contributed by atoms with E-state index in [1.165, 1.54) is 32.4 Å². The van der Waals surface area contributed by atoms with Crippen molar-refractivity contribution in [2.24, 2.45) is 0 Å². The summed E-state index contributed by atoms with van der Waals surface area (Å²) in [5, 5.41) is 0.298. The van der Waals surface area contributed by atoms with Gasteiger partial charge in [0.15, 0.2) is 0 Å². The molecular weight excluding hydrogens is 242 g/mol. The van der Waals surface area contributed by atoms with E-state index in [0.717, 1.165) is 0 Å². The quantitative estimate of drug-likeness (QED) is 0.817. The predicted molar refractivity (Wildman–Crippen MR) is 55.3 cm³/mol. The van der Waals surface area contributed by atoms with Gasteiger partial charge in [-0.3, -0.25) is 4.84 Å². The number of nitrogens with one attached hydrogen (secondary N) is 1. The lowest BCUT2D eigenvalue weighted by Gasteiger charge is -2.09. The van der Waals surface area contributed by atoms with E-state index in [0.29, 0.717) is 5.02 Å². The Balaban J connectivity index is 3.28. The summed E-state index contributed by atoms with van der Waals surface area (Å²) in [6.07, 6.45) is 0. The predicted octanol–water partition coefficient (Wildman–Crippen LogP) is 1.19. The van der Waals surface area contributed by atoms with E-state index in [1.54, 1.807) is 0 Å². The second-order valence-electron chi connectivity index (χ2n) is 2.59. The fraction of sp³-hybridized carbons (Fsp3) is 0.250. The van der Waals surface area contributed by atoms with E-state index in [1.807, 2.05) is 4.89 Å². The molecule has 0 spiro atoms. The maximum Gasteiger partial charge on any atom is 0.266 e. The van der Waals surface area contributed by atoms with Gasteiger partial charge in [0.1, 0.15) is 10.6 Å². The third-order valence-electron chi connectivity index (χ3n) is 1.61. The van der Waals surface area contributed by atoms with Crippen molar-refractivity contribution >= 4 is 21.6 Å². The van der Waals surface area contributed by atoms with Crippen molar-refractivity contribution in [3.63, 3.8) is 0 Å². The lowest BCUT2D eigenvalue weighted by Crippen LogP contribution is -2.22. The highest BCUT2D eigenvalue weighted by molar-refractivity contribution is 7.89. The van der Waals surface area contributed by atoms with Gasteiger partial charge in [0.2, 0.25) is 0 Å². The van der Waals surface area contributed by atoms with E-state index < -0.39 is 10.0 Å². The summed E-state index contributed by atoms with van der Waals surface area (Å²) in [4.78, 5) is 6.17. The van der Waals surface area contributed by atoms with Gasteiger partial charge in [0.05, 0.1) is 14.2 Å². The van der Waals surface area contributed by atoms with Crippen molar-refractivity contribution in [3.05, 3.63) is 23.2 Å². The Kier molecular flexibility index (Phi) is 3.92. The normalized spacial score (nSPS) is 11.4. The first-order valence-electron chi connectivity index (χ1n) is 3.89. The molecule has 0 atom stereocenters. The van der Waals surface area contributed by atoms with E-state index in [2.05, 4.69) is 4.84 Å². The minimum atomic E-state index is -3.76. The second-order valence-corrected chi connectivity index (χ2v) is 4.64. The highest BCUT2D eigenvalue weighted by atomic mass is 35.5. The molecule has 0 heterocycles. The second kappa shape index (κ2) is 4.80. The Bertz CT molecular complexity index is 446. The molecule has 0 saturated heterocycles. The largest absolute Gasteiger partial charge is 0.495 e. The van der Waals surface area contributed by atoms with Crippen LogP contribution in [0.3, 0.4) is 0 Å². The van der Waals surface area contributed by atoms with Crippen LogP contribution in [-0.4, -0.2) is 22.6 Å². The van der Waals surface area contributed by atoms with Crippen LogP contribution in [0.2, 0.25) is 5.02 Å². The standard InChI is InChI=1S/C8H10ClNO4S/c1-13-7-4-3-6(9)5-8(7)15(11,12)10-14-2/h3-5,10H,1-2H3. The number of benzene rings is 1. The molecule has 1 rings (SSSR count). The maximum atomic E-state index is 11.6. The summed E-state index contributed by atoms with van der Waals surface area (Å²) >= 11 is 5.69. The maximum absolute atomic E-state index is 11.6. The topological polar surface area (TPSA) is 64.6 Å². The van der Waals surface area contributed by atoms with Crippen LogP contribution in [0.4, 0.5) is 0 Å². The molecule has 0 aromatic heterocycles. The van der Waals surface area contributed by atoms with Gasteiger partial charge in [-0.1, -0.05) is 16.5 Å². The van der Waals surface area contributed by atoms with E-state index in [9.17, 15) is 8.42 Å². The molecule has 0 unspecified atom stereocenters. The summed E-state index contributed by atoms with van der Waals surface area (Å²) in [6, 6.07) is 4.28. The van der Waals surface area contributed by atoms with Gasteiger partial charge < -0.3 is 4.74 Å². The fourth-order valence-corrected chi connectivity index (χ4v) is 2.26. The van der Waals surface area contributed by atoms with Gasteiger partial charge in [0, 0.05) is 5.02 Å². The lowest BCUT2D eigenvalue weighted by molar-refractivity contribution is 0.153. The van der Waals surface area contributed by atoms with Crippen molar-refractivity contribution in [3.8, 4) is 5.75 Å². The summed E-state index contributed by atoms with van der Waals surface area (Å²) in [7, 11) is -1.18. The summed E-state index contributed by atoms with van der Waals surface area (Å²) in [5.74, 6) is 0.198. The van der Waals surface area contributed by atoms with Crippen molar-refractivity contribution in [1.29, 1.82) is 0 Å². The molecule has 7 heteroatoms. The molecule has 0 aliphatic heterocycles. The van der Waals surface area contributed by atoms with Gasteiger partial charge in [0.25, 0.3) is 10.0 Å². The van der Waals surface area contributed by atoms with Gasteiger partial charge in [-0.15, -0.1) is 0 Å². The number of methoxy groups -OCH3 is 1. The van der Waals surface area contributed by atoms with Crippen LogP contribution in [-0.2, 0) is 14.9 Å². The number of halogens is 1. The molecule has 5 nitrogen and oxygen atoms in total. The third-order valence-corrected chi connectivity index (χ3v) is 3.13. The molecule has 0 aliphatic carbocycles. The average molecular weight is 252 g/mol. The van der Waals surface area contributed by atoms with E-state index >= 15 is 0 Å². The first-order valence-corrected chi connectivity index (χ1v) is 5.75. The summed E-state index contributed by atoms with van der Waals surface area (Å²) in [6.45, 7) is 0. The zero-order valence-corrected chi connectivity index (χ0v) is 9.72. The number of ether oxygens (including phenoxy) is 1. The van der Waals surface area contributed by atoms with E-state index in [-0.39, 0.29) is 10.6 Å². The average Bonchev–Trinajstić information content (AvgIpc) is 2.17.